The van der Waals surface area contributed by atoms with E-state index in [-0.39, 0.29) is 17.5 Å². The van der Waals surface area contributed by atoms with E-state index in [9.17, 15) is 8.42 Å². The molecule has 0 saturated heterocycles. The number of ether oxygens (including phenoxy) is 1. The minimum Gasteiger partial charge on any atom is -0.383 e. The van der Waals surface area contributed by atoms with Crippen LogP contribution in [0.2, 0.25) is 5.02 Å². The lowest BCUT2D eigenvalue weighted by atomic mass is 10.2. The maximum atomic E-state index is 13.0. The Morgan fingerprint density at radius 1 is 1.12 bits per heavy atom. The van der Waals surface area contributed by atoms with Crippen LogP contribution in [0.4, 0.5) is 0 Å². The minimum atomic E-state index is -3.65. The number of sulfonamides is 1. The van der Waals surface area contributed by atoms with Crippen LogP contribution in [0.3, 0.4) is 0 Å². The number of rotatable bonds is 8. The molecule has 6 heteroatoms. The number of nitrogens with zero attached hydrogens (tertiary/aromatic N) is 1. The minimum absolute atomic E-state index is 0.216. The summed E-state index contributed by atoms with van der Waals surface area (Å²) in [6.07, 6.45) is 3.75. The Balaban J connectivity index is 2.25. The Bertz CT molecular complexity index is 789. The third-order valence-corrected chi connectivity index (χ3v) is 5.96. The van der Waals surface area contributed by atoms with E-state index in [2.05, 4.69) is 0 Å². The topological polar surface area (TPSA) is 46.6 Å². The van der Waals surface area contributed by atoms with Crippen LogP contribution in [-0.4, -0.2) is 39.0 Å². The van der Waals surface area contributed by atoms with Crippen LogP contribution in [0.15, 0.2) is 65.6 Å². The van der Waals surface area contributed by atoms with Gasteiger partial charge in [-0.25, -0.2) is 8.42 Å². The second kappa shape index (κ2) is 9.15. The van der Waals surface area contributed by atoms with Gasteiger partial charge in [0.15, 0.2) is 0 Å². The second-order valence-corrected chi connectivity index (χ2v) is 7.97. The molecule has 134 valence electrons. The molecule has 1 atom stereocenters. The van der Waals surface area contributed by atoms with E-state index in [1.165, 1.54) is 16.4 Å². The summed E-state index contributed by atoms with van der Waals surface area (Å²) in [5.41, 5.74) is 1.02. The normalized spacial score (nSPS) is 13.4. The van der Waals surface area contributed by atoms with Crippen molar-refractivity contribution < 1.29 is 13.2 Å². The molecule has 0 spiro atoms. The summed E-state index contributed by atoms with van der Waals surface area (Å²) in [7, 11) is -2.09. The lowest BCUT2D eigenvalue weighted by Gasteiger charge is -2.27. The highest BCUT2D eigenvalue weighted by Gasteiger charge is 2.28. The number of hydrogen-bond acceptors (Lipinski definition) is 3. The highest BCUT2D eigenvalue weighted by molar-refractivity contribution is 7.89. The van der Waals surface area contributed by atoms with E-state index in [1.807, 2.05) is 49.4 Å². The zero-order chi connectivity index (χ0) is 18.3. The molecule has 2 rings (SSSR count). The van der Waals surface area contributed by atoms with Gasteiger partial charge in [0.05, 0.1) is 11.5 Å². The SMILES string of the molecule is COCC(C)N(CC=Cc1ccccc1)S(=O)(=O)c1ccc(Cl)cc1. The van der Waals surface area contributed by atoms with Gasteiger partial charge in [0.1, 0.15) is 0 Å². The monoisotopic (exact) mass is 379 g/mol. The van der Waals surface area contributed by atoms with E-state index >= 15 is 0 Å². The molecule has 2 aromatic rings. The molecule has 0 aliphatic carbocycles. The van der Waals surface area contributed by atoms with E-state index in [0.29, 0.717) is 11.6 Å². The first-order valence-corrected chi connectivity index (χ1v) is 9.75. The van der Waals surface area contributed by atoms with Gasteiger partial charge in [0.2, 0.25) is 10.0 Å². The van der Waals surface area contributed by atoms with Crippen LogP contribution in [-0.2, 0) is 14.8 Å². The van der Waals surface area contributed by atoms with Gasteiger partial charge < -0.3 is 4.74 Å². The molecule has 0 fully saturated rings. The molecule has 0 aliphatic heterocycles. The lowest BCUT2D eigenvalue weighted by Crippen LogP contribution is -2.41. The average Bonchev–Trinajstić information content (AvgIpc) is 2.60. The molecule has 0 radical (unpaired) electrons. The first kappa shape index (κ1) is 19.7. The first-order chi connectivity index (χ1) is 11.9. The van der Waals surface area contributed by atoms with Gasteiger partial charge in [-0.3, -0.25) is 0 Å². The van der Waals surface area contributed by atoms with E-state index in [0.717, 1.165) is 5.56 Å². The summed E-state index contributed by atoms with van der Waals surface area (Å²) in [6.45, 7) is 2.39. The summed E-state index contributed by atoms with van der Waals surface area (Å²) in [6, 6.07) is 15.6. The summed E-state index contributed by atoms with van der Waals surface area (Å²) >= 11 is 5.87. The summed E-state index contributed by atoms with van der Waals surface area (Å²) in [5, 5.41) is 0.499. The number of halogens is 1. The van der Waals surface area contributed by atoms with Crippen molar-refractivity contribution in [2.75, 3.05) is 20.3 Å². The van der Waals surface area contributed by atoms with Gasteiger partial charge >= 0.3 is 0 Å². The Morgan fingerprint density at radius 3 is 2.36 bits per heavy atom. The fourth-order valence-electron chi connectivity index (χ4n) is 2.44. The van der Waals surface area contributed by atoms with Crippen LogP contribution in [0.1, 0.15) is 12.5 Å². The molecular weight excluding hydrogens is 358 g/mol. The van der Waals surface area contributed by atoms with Crippen molar-refractivity contribution in [2.24, 2.45) is 0 Å². The third kappa shape index (κ3) is 5.41. The fourth-order valence-corrected chi connectivity index (χ4v) is 4.13. The largest absolute Gasteiger partial charge is 0.383 e. The fraction of sp³-hybridized carbons (Fsp3) is 0.263. The Labute approximate surface area is 154 Å². The highest BCUT2D eigenvalue weighted by atomic mass is 35.5. The van der Waals surface area contributed by atoms with Gasteiger partial charge in [-0.15, -0.1) is 0 Å². The zero-order valence-electron chi connectivity index (χ0n) is 14.3. The van der Waals surface area contributed by atoms with E-state index in [1.54, 1.807) is 19.2 Å². The van der Waals surface area contributed by atoms with Crippen molar-refractivity contribution in [3.05, 3.63) is 71.3 Å². The van der Waals surface area contributed by atoms with Gasteiger partial charge in [-0.05, 0) is 36.8 Å². The zero-order valence-corrected chi connectivity index (χ0v) is 15.9. The van der Waals surface area contributed by atoms with Gasteiger partial charge in [-0.1, -0.05) is 54.1 Å². The molecular formula is C19H22ClNO3S. The molecule has 2 aromatic carbocycles. The second-order valence-electron chi connectivity index (χ2n) is 5.65. The molecule has 0 aromatic heterocycles. The maximum Gasteiger partial charge on any atom is 0.243 e. The molecule has 0 amide bonds. The molecule has 25 heavy (non-hydrogen) atoms. The molecule has 0 saturated carbocycles. The van der Waals surface area contributed by atoms with Crippen LogP contribution in [0.5, 0.6) is 0 Å². The Hall–Kier alpha value is -1.66. The van der Waals surface area contributed by atoms with E-state index < -0.39 is 10.0 Å². The number of benzene rings is 2. The summed E-state index contributed by atoms with van der Waals surface area (Å²) < 4.78 is 32.6. The molecule has 0 heterocycles. The van der Waals surface area contributed by atoms with Crippen molar-refractivity contribution in [1.29, 1.82) is 0 Å². The van der Waals surface area contributed by atoms with Crippen molar-refractivity contribution in [1.82, 2.24) is 4.31 Å². The lowest BCUT2D eigenvalue weighted by molar-refractivity contribution is 0.145. The molecule has 0 aliphatic rings. The van der Waals surface area contributed by atoms with Gasteiger partial charge in [0.25, 0.3) is 0 Å². The van der Waals surface area contributed by atoms with Gasteiger partial charge in [-0.2, -0.15) is 4.31 Å². The average molecular weight is 380 g/mol. The van der Waals surface area contributed by atoms with Crippen LogP contribution in [0, 0.1) is 0 Å². The quantitative estimate of drug-likeness (QED) is 0.694. The predicted molar refractivity (Wildman–Crippen MR) is 102 cm³/mol. The Morgan fingerprint density at radius 2 is 1.76 bits per heavy atom. The smallest absolute Gasteiger partial charge is 0.243 e. The maximum absolute atomic E-state index is 13.0. The predicted octanol–water partition coefficient (Wildman–Crippen LogP) is 4.08. The molecule has 0 N–H and O–H groups in total. The van der Waals surface area contributed by atoms with Crippen LogP contribution < -0.4 is 0 Å². The third-order valence-electron chi connectivity index (χ3n) is 3.71. The first-order valence-electron chi connectivity index (χ1n) is 7.93. The molecule has 1 unspecified atom stereocenters. The molecule has 4 nitrogen and oxygen atoms in total. The van der Waals surface area contributed by atoms with Crippen LogP contribution >= 0.6 is 11.6 Å². The molecule has 0 bridgehead atoms. The Kier molecular flexibility index (Phi) is 7.20. The van der Waals surface area contributed by atoms with Gasteiger partial charge in [0, 0.05) is 24.7 Å². The van der Waals surface area contributed by atoms with Crippen molar-refractivity contribution >= 4 is 27.7 Å². The number of hydrogen-bond donors (Lipinski definition) is 0. The van der Waals surface area contributed by atoms with Crippen molar-refractivity contribution in [3.8, 4) is 0 Å². The summed E-state index contributed by atoms with van der Waals surface area (Å²) in [4.78, 5) is 0.216. The summed E-state index contributed by atoms with van der Waals surface area (Å²) in [5.74, 6) is 0. The van der Waals surface area contributed by atoms with Crippen molar-refractivity contribution in [2.45, 2.75) is 17.9 Å². The number of methoxy groups -OCH3 is 1. The van der Waals surface area contributed by atoms with Crippen molar-refractivity contribution in [3.63, 3.8) is 0 Å². The van der Waals surface area contributed by atoms with E-state index in [4.69, 9.17) is 16.3 Å². The standard InChI is InChI=1S/C19H22ClNO3S/c1-16(15-24-2)21(14-6-9-17-7-4-3-5-8-17)25(22,23)19-12-10-18(20)11-13-19/h3-13,16H,14-15H2,1-2H3. The highest BCUT2D eigenvalue weighted by Crippen LogP contribution is 2.21. The van der Waals surface area contributed by atoms with Crippen LogP contribution in [0.25, 0.3) is 6.08 Å².